The number of aromatic nitrogens is 2. The van der Waals surface area contributed by atoms with Crippen molar-refractivity contribution in [2.45, 2.75) is 19.8 Å². The minimum atomic E-state index is 0.190. The summed E-state index contributed by atoms with van der Waals surface area (Å²) in [5.41, 5.74) is 3.93. The van der Waals surface area contributed by atoms with Crippen LogP contribution in [0.25, 0.3) is 11.0 Å². The third kappa shape index (κ3) is 3.22. The normalized spacial score (nSPS) is 11.0. The van der Waals surface area contributed by atoms with Crippen LogP contribution in [0.5, 0.6) is 0 Å². The fourth-order valence-corrected chi connectivity index (χ4v) is 2.86. The molecule has 1 aromatic carbocycles. The molecule has 0 radical (unpaired) electrons. The standard InChI is InChI=1S/C17H15BrN2O/c1-11-6-14-7-12(10-19-17(14)20-11)8-15(21)9-13-4-2-3-5-16(13)18/h2-7,10H,8-9H2,1H3,(H,19,20). The Kier molecular flexibility index (Phi) is 3.88. The number of halogens is 1. The molecule has 4 heteroatoms. The highest BCUT2D eigenvalue weighted by Crippen LogP contribution is 2.18. The Morgan fingerprint density at radius 3 is 2.86 bits per heavy atom. The fourth-order valence-electron chi connectivity index (χ4n) is 2.44. The molecule has 0 saturated heterocycles. The number of Topliss-reactive ketones (excluding diaryl/α,β-unsaturated/α-hetero) is 1. The molecule has 1 N–H and O–H groups in total. The number of H-pyrrole nitrogens is 1. The predicted molar refractivity (Wildman–Crippen MR) is 87.4 cm³/mol. The first-order valence-electron chi connectivity index (χ1n) is 6.81. The molecule has 0 saturated carbocycles. The Morgan fingerprint density at radius 1 is 1.24 bits per heavy atom. The van der Waals surface area contributed by atoms with Crippen LogP contribution in [0.15, 0.2) is 47.1 Å². The van der Waals surface area contributed by atoms with Crippen LogP contribution in [0.3, 0.4) is 0 Å². The van der Waals surface area contributed by atoms with E-state index in [1.54, 1.807) is 6.20 Å². The first-order valence-corrected chi connectivity index (χ1v) is 7.60. The molecule has 0 aliphatic carbocycles. The molecule has 0 atom stereocenters. The number of aromatic amines is 1. The monoisotopic (exact) mass is 342 g/mol. The van der Waals surface area contributed by atoms with E-state index in [2.05, 4.69) is 25.9 Å². The van der Waals surface area contributed by atoms with Crippen molar-refractivity contribution >= 4 is 32.7 Å². The Labute approximate surface area is 131 Å². The van der Waals surface area contributed by atoms with E-state index in [0.717, 1.165) is 32.3 Å². The van der Waals surface area contributed by atoms with E-state index in [1.165, 1.54) is 0 Å². The van der Waals surface area contributed by atoms with Gasteiger partial charge in [-0.3, -0.25) is 4.79 Å². The summed E-state index contributed by atoms with van der Waals surface area (Å²) in [6, 6.07) is 11.9. The van der Waals surface area contributed by atoms with Gasteiger partial charge in [0.05, 0.1) is 0 Å². The summed E-state index contributed by atoms with van der Waals surface area (Å²) in [5, 5.41) is 1.05. The van der Waals surface area contributed by atoms with Gasteiger partial charge in [0, 0.05) is 34.6 Å². The Hall–Kier alpha value is -1.94. The Balaban J connectivity index is 1.75. The van der Waals surface area contributed by atoms with Gasteiger partial charge in [0.2, 0.25) is 0 Å². The minimum absolute atomic E-state index is 0.190. The molecule has 0 aliphatic heterocycles. The van der Waals surface area contributed by atoms with Crippen molar-refractivity contribution in [2.75, 3.05) is 0 Å². The van der Waals surface area contributed by atoms with Crippen LogP contribution < -0.4 is 0 Å². The average Bonchev–Trinajstić information content (AvgIpc) is 2.80. The number of hydrogen-bond acceptors (Lipinski definition) is 2. The van der Waals surface area contributed by atoms with Crippen LogP contribution in [0.1, 0.15) is 16.8 Å². The molecule has 106 valence electrons. The van der Waals surface area contributed by atoms with Crippen molar-refractivity contribution in [3.63, 3.8) is 0 Å². The molecule has 2 aromatic heterocycles. The highest BCUT2D eigenvalue weighted by molar-refractivity contribution is 9.10. The molecule has 3 nitrogen and oxygen atoms in total. The summed E-state index contributed by atoms with van der Waals surface area (Å²) in [6.45, 7) is 2.00. The van der Waals surface area contributed by atoms with Gasteiger partial charge < -0.3 is 4.98 Å². The van der Waals surface area contributed by atoms with Crippen LogP contribution in [-0.4, -0.2) is 15.8 Å². The third-order valence-corrected chi connectivity index (χ3v) is 4.18. The summed E-state index contributed by atoms with van der Waals surface area (Å²) >= 11 is 3.48. The maximum absolute atomic E-state index is 12.2. The summed E-state index contributed by atoms with van der Waals surface area (Å²) in [6.07, 6.45) is 2.62. The number of ketones is 1. The molecule has 0 amide bonds. The smallest absolute Gasteiger partial charge is 0.141 e. The lowest BCUT2D eigenvalue weighted by Crippen LogP contribution is -2.07. The fraction of sp³-hybridized carbons (Fsp3) is 0.176. The van der Waals surface area contributed by atoms with E-state index in [-0.39, 0.29) is 5.78 Å². The predicted octanol–water partition coefficient (Wildman–Crippen LogP) is 3.99. The van der Waals surface area contributed by atoms with E-state index in [9.17, 15) is 4.79 Å². The van der Waals surface area contributed by atoms with Gasteiger partial charge in [0.1, 0.15) is 11.4 Å². The second-order valence-electron chi connectivity index (χ2n) is 5.22. The van der Waals surface area contributed by atoms with Gasteiger partial charge in [-0.2, -0.15) is 0 Å². The lowest BCUT2D eigenvalue weighted by atomic mass is 10.0. The van der Waals surface area contributed by atoms with Crippen molar-refractivity contribution in [1.82, 2.24) is 9.97 Å². The van der Waals surface area contributed by atoms with Gasteiger partial charge in [-0.05, 0) is 36.2 Å². The minimum Gasteiger partial charge on any atom is -0.344 e. The summed E-state index contributed by atoms with van der Waals surface area (Å²) < 4.78 is 0.980. The number of hydrogen-bond donors (Lipinski definition) is 1. The van der Waals surface area contributed by atoms with Crippen LogP contribution in [0.2, 0.25) is 0 Å². The van der Waals surface area contributed by atoms with Gasteiger partial charge in [-0.1, -0.05) is 34.1 Å². The third-order valence-electron chi connectivity index (χ3n) is 3.41. The summed E-state index contributed by atoms with van der Waals surface area (Å²) in [4.78, 5) is 19.8. The number of pyridine rings is 1. The molecule has 0 aliphatic rings. The maximum Gasteiger partial charge on any atom is 0.141 e. The lowest BCUT2D eigenvalue weighted by molar-refractivity contribution is -0.117. The molecule has 3 aromatic rings. The second kappa shape index (κ2) is 5.82. The number of nitrogens with one attached hydrogen (secondary N) is 1. The quantitative estimate of drug-likeness (QED) is 0.779. The maximum atomic E-state index is 12.2. The van der Waals surface area contributed by atoms with Crippen molar-refractivity contribution in [1.29, 1.82) is 0 Å². The van der Waals surface area contributed by atoms with Gasteiger partial charge in [0.25, 0.3) is 0 Å². The van der Waals surface area contributed by atoms with Gasteiger partial charge in [0.15, 0.2) is 0 Å². The largest absolute Gasteiger partial charge is 0.344 e. The number of benzene rings is 1. The molecule has 3 rings (SSSR count). The molecule has 0 spiro atoms. The van der Waals surface area contributed by atoms with Gasteiger partial charge in [-0.25, -0.2) is 4.98 Å². The number of rotatable bonds is 4. The Morgan fingerprint density at radius 2 is 2.05 bits per heavy atom. The zero-order chi connectivity index (χ0) is 14.8. The molecule has 0 bridgehead atoms. The van der Waals surface area contributed by atoms with E-state index in [4.69, 9.17) is 0 Å². The molecule has 0 unspecified atom stereocenters. The van der Waals surface area contributed by atoms with Gasteiger partial charge >= 0.3 is 0 Å². The summed E-state index contributed by atoms with van der Waals surface area (Å²) in [7, 11) is 0. The topological polar surface area (TPSA) is 45.8 Å². The SMILES string of the molecule is Cc1cc2cc(CC(=O)Cc3ccccc3Br)cnc2[nH]1. The van der Waals surface area contributed by atoms with Crippen molar-refractivity contribution in [3.8, 4) is 0 Å². The van der Waals surface area contributed by atoms with Crippen molar-refractivity contribution in [2.24, 2.45) is 0 Å². The van der Waals surface area contributed by atoms with Crippen LogP contribution in [0.4, 0.5) is 0 Å². The van der Waals surface area contributed by atoms with Crippen molar-refractivity contribution in [3.05, 3.63) is 63.9 Å². The highest BCUT2D eigenvalue weighted by atomic mass is 79.9. The molecule has 21 heavy (non-hydrogen) atoms. The first kappa shape index (κ1) is 14.0. The lowest BCUT2D eigenvalue weighted by Gasteiger charge is -2.04. The zero-order valence-electron chi connectivity index (χ0n) is 11.7. The van der Waals surface area contributed by atoms with Gasteiger partial charge in [-0.15, -0.1) is 0 Å². The van der Waals surface area contributed by atoms with E-state index in [1.807, 2.05) is 43.3 Å². The molecular weight excluding hydrogens is 328 g/mol. The average molecular weight is 343 g/mol. The van der Waals surface area contributed by atoms with Crippen LogP contribution in [0, 0.1) is 6.92 Å². The molecular formula is C17H15BrN2O. The van der Waals surface area contributed by atoms with Crippen LogP contribution >= 0.6 is 15.9 Å². The second-order valence-corrected chi connectivity index (χ2v) is 6.07. The molecule has 2 heterocycles. The number of aryl methyl sites for hydroxylation is 1. The van der Waals surface area contributed by atoms with E-state index < -0.39 is 0 Å². The van der Waals surface area contributed by atoms with E-state index in [0.29, 0.717) is 12.8 Å². The van der Waals surface area contributed by atoms with Crippen molar-refractivity contribution < 1.29 is 4.79 Å². The highest BCUT2D eigenvalue weighted by Gasteiger charge is 2.09. The van der Waals surface area contributed by atoms with Crippen LogP contribution in [-0.2, 0) is 17.6 Å². The number of fused-ring (bicyclic) bond motifs is 1. The first-order chi connectivity index (χ1) is 10.1. The number of carbonyl (C=O) groups excluding carboxylic acids is 1. The number of carbonyl (C=O) groups is 1. The summed E-state index contributed by atoms with van der Waals surface area (Å²) in [5.74, 6) is 0.190. The Bertz CT molecular complexity index is 807. The van der Waals surface area contributed by atoms with E-state index >= 15 is 0 Å². The number of nitrogens with zero attached hydrogens (tertiary/aromatic N) is 1. The molecule has 0 fully saturated rings. The zero-order valence-corrected chi connectivity index (χ0v) is 13.3.